The van der Waals surface area contributed by atoms with Gasteiger partial charge in [-0.05, 0) is 19.1 Å². The molecule has 22 heavy (non-hydrogen) atoms. The lowest BCUT2D eigenvalue weighted by molar-refractivity contribution is -0.120. The maximum Gasteiger partial charge on any atom is 0.413 e. The second-order valence-corrected chi connectivity index (χ2v) is 4.89. The summed E-state index contributed by atoms with van der Waals surface area (Å²) in [5, 5.41) is 14.4. The Hall–Kier alpha value is -2.75. The lowest BCUT2D eigenvalue weighted by Crippen LogP contribution is -2.19. The van der Waals surface area contributed by atoms with E-state index in [1.165, 1.54) is 12.5 Å². The minimum atomic E-state index is -0.613. The summed E-state index contributed by atoms with van der Waals surface area (Å²) in [5.41, 5.74) is 2.34. The van der Waals surface area contributed by atoms with Crippen LogP contribution in [0.3, 0.4) is 0 Å². The number of nitrogens with one attached hydrogen (secondary N) is 2. The molecule has 0 aliphatic carbocycles. The zero-order valence-electron chi connectivity index (χ0n) is 11.6. The molecule has 0 unspecified atom stereocenters. The number of rotatable bonds is 6. The molecular formula is C12H13N5O4S. The molecule has 9 nitrogen and oxygen atoms in total. The molecule has 0 bridgehead atoms. The smallest absolute Gasteiger partial charge is 0.413 e. The number of carbonyl (C=O) groups is 2. The highest BCUT2D eigenvalue weighted by Crippen LogP contribution is 2.15. The molecule has 2 N–H and O–H groups in total. The minimum Gasteiger partial charge on any atom is -0.463 e. The zero-order chi connectivity index (χ0) is 15.8. The average Bonchev–Trinajstić information content (AvgIpc) is 3.11. The molecule has 2 rings (SSSR count). The van der Waals surface area contributed by atoms with E-state index in [1.807, 2.05) is 0 Å². The first-order valence-electron chi connectivity index (χ1n) is 6.29. The van der Waals surface area contributed by atoms with Gasteiger partial charge in [-0.15, -0.1) is 10.2 Å². The summed E-state index contributed by atoms with van der Waals surface area (Å²) < 4.78 is 9.73. The Morgan fingerprint density at radius 1 is 1.50 bits per heavy atom. The van der Waals surface area contributed by atoms with Crippen molar-refractivity contribution in [2.24, 2.45) is 5.10 Å². The number of nitrogens with zero attached hydrogens (tertiary/aromatic N) is 3. The quantitative estimate of drug-likeness (QED) is 0.612. The van der Waals surface area contributed by atoms with E-state index in [-0.39, 0.29) is 24.1 Å². The SMILES string of the molecule is CCOC(=O)Nc1nnc(CC(=O)N/N=C\c2ccco2)s1. The number of carbonyl (C=O) groups excluding carboxylic acids is 2. The monoisotopic (exact) mass is 323 g/mol. The number of furan rings is 1. The molecule has 2 aromatic rings. The van der Waals surface area contributed by atoms with Crippen molar-refractivity contribution in [2.45, 2.75) is 13.3 Å². The topological polar surface area (TPSA) is 119 Å². The Bertz CT molecular complexity index is 652. The van der Waals surface area contributed by atoms with Gasteiger partial charge in [-0.3, -0.25) is 10.1 Å². The van der Waals surface area contributed by atoms with Gasteiger partial charge in [0.2, 0.25) is 11.0 Å². The van der Waals surface area contributed by atoms with Crippen molar-refractivity contribution in [1.29, 1.82) is 0 Å². The van der Waals surface area contributed by atoms with Crippen molar-refractivity contribution < 1.29 is 18.7 Å². The van der Waals surface area contributed by atoms with E-state index in [1.54, 1.807) is 19.1 Å². The number of hydrazone groups is 1. The number of aromatic nitrogens is 2. The van der Waals surface area contributed by atoms with Crippen LogP contribution in [0.4, 0.5) is 9.93 Å². The number of anilines is 1. The van der Waals surface area contributed by atoms with Crippen LogP contribution in [0.25, 0.3) is 0 Å². The highest BCUT2D eigenvalue weighted by atomic mass is 32.1. The number of hydrogen-bond acceptors (Lipinski definition) is 8. The fourth-order valence-corrected chi connectivity index (χ4v) is 2.06. The van der Waals surface area contributed by atoms with Crippen LogP contribution in [0.1, 0.15) is 17.7 Å². The second kappa shape index (κ2) is 7.88. The molecule has 2 amide bonds. The summed E-state index contributed by atoms with van der Waals surface area (Å²) >= 11 is 1.08. The second-order valence-electron chi connectivity index (χ2n) is 3.83. The van der Waals surface area contributed by atoms with E-state index < -0.39 is 6.09 Å². The predicted molar refractivity (Wildman–Crippen MR) is 78.7 cm³/mol. The van der Waals surface area contributed by atoms with Crippen molar-refractivity contribution in [1.82, 2.24) is 15.6 Å². The summed E-state index contributed by atoms with van der Waals surface area (Å²) in [5.74, 6) is 0.166. The third-order valence-electron chi connectivity index (χ3n) is 2.19. The van der Waals surface area contributed by atoms with Gasteiger partial charge in [0.1, 0.15) is 10.8 Å². The molecule has 0 aliphatic rings. The normalized spacial score (nSPS) is 10.6. The molecule has 0 aromatic carbocycles. The summed E-state index contributed by atoms with van der Waals surface area (Å²) in [7, 11) is 0. The highest BCUT2D eigenvalue weighted by Gasteiger charge is 2.11. The molecule has 0 saturated carbocycles. The van der Waals surface area contributed by atoms with E-state index in [9.17, 15) is 9.59 Å². The van der Waals surface area contributed by atoms with Crippen molar-refractivity contribution in [2.75, 3.05) is 11.9 Å². The van der Waals surface area contributed by atoms with Crippen LogP contribution in [0, 0.1) is 0 Å². The lowest BCUT2D eigenvalue weighted by atomic mass is 10.4. The summed E-state index contributed by atoms with van der Waals surface area (Å²) in [6.45, 7) is 1.95. The lowest BCUT2D eigenvalue weighted by Gasteiger charge is -1.99. The first kappa shape index (κ1) is 15.6. The third kappa shape index (κ3) is 4.98. The van der Waals surface area contributed by atoms with Gasteiger partial charge in [0.05, 0.1) is 25.5 Å². The molecule has 0 spiro atoms. The Morgan fingerprint density at radius 2 is 2.36 bits per heavy atom. The van der Waals surface area contributed by atoms with Crippen LogP contribution in [-0.4, -0.2) is 35.0 Å². The standard InChI is InChI=1S/C12H13N5O4S/c1-2-20-12(19)14-11-17-16-10(22-11)6-9(18)15-13-7-8-4-3-5-21-8/h3-5,7H,2,6H2,1H3,(H,15,18)(H,14,17,19)/b13-7-. The Labute approximate surface area is 129 Å². The van der Waals surface area contributed by atoms with Crippen LogP contribution in [0.2, 0.25) is 0 Å². The van der Waals surface area contributed by atoms with Gasteiger partial charge >= 0.3 is 6.09 Å². The molecule has 0 radical (unpaired) electrons. The van der Waals surface area contributed by atoms with Crippen LogP contribution in [0.15, 0.2) is 27.9 Å². The maximum absolute atomic E-state index is 11.6. The van der Waals surface area contributed by atoms with E-state index in [0.717, 1.165) is 11.3 Å². The van der Waals surface area contributed by atoms with Gasteiger partial charge in [0, 0.05) is 0 Å². The van der Waals surface area contributed by atoms with Crippen molar-refractivity contribution in [3.63, 3.8) is 0 Å². The summed E-state index contributed by atoms with van der Waals surface area (Å²) in [6.07, 6.45) is 2.27. The average molecular weight is 323 g/mol. The zero-order valence-corrected chi connectivity index (χ0v) is 12.4. The molecule has 0 atom stereocenters. The van der Waals surface area contributed by atoms with E-state index >= 15 is 0 Å². The van der Waals surface area contributed by atoms with Gasteiger partial charge in [-0.25, -0.2) is 10.2 Å². The number of hydrogen-bond donors (Lipinski definition) is 2. The fraction of sp³-hybridized carbons (Fsp3) is 0.250. The van der Waals surface area contributed by atoms with E-state index in [2.05, 4.69) is 26.0 Å². The Morgan fingerprint density at radius 3 is 3.09 bits per heavy atom. The van der Waals surface area contributed by atoms with Crippen molar-refractivity contribution in [3.8, 4) is 0 Å². The van der Waals surface area contributed by atoms with Crippen LogP contribution in [0.5, 0.6) is 0 Å². The Balaban J connectivity index is 1.79. The number of ether oxygens (including phenoxy) is 1. The largest absolute Gasteiger partial charge is 0.463 e. The van der Waals surface area contributed by atoms with Crippen LogP contribution < -0.4 is 10.7 Å². The van der Waals surface area contributed by atoms with Gasteiger partial charge < -0.3 is 9.15 Å². The number of amides is 2. The molecule has 0 saturated heterocycles. The van der Waals surface area contributed by atoms with Gasteiger partial charge in [-0.2, -0.15) is 5.10 Å². The van der Waals surface area contributed by atoms with Crippen molar-refractivity contribution in [3.05, 3.63) is 29.2 Å². The third-order valence-corrected chi connectivity index (χ3v) is 3.03. The molecule has 0 aliphatic heterocycles. The summed E-state index contributed by atoms with van der Waals surface area (Å²) in [6, 6.07) is 3.41. The van der Waals surface area contributed by atoms with E-state index in [4.69, 9.17) is 9.15 Å². The first-order valence-corrected chi connectivity index (χ1v) is 7.10. The highest BCUT2D eigenvalue weighted by molar-refractivity contribution is 7.15. The molecule has 0 fully saturated rings. The molecular weight excluding hydrogens is 310 g/mol. The van der Waals surface area contributed by atoms with Gasteiger partial charge in [0.25, 0.3) is 0 Å². The van der Waals surface area contributed by atoms with Gasteiger partial charge in [0.15, 0.2) is 0 Å². The summed E-state index contributed by atoms with van der Waals surface area (Å²) in [4.78, 5) is 22.8. The maximum atomic E-state index is 11.6. The molecule has 2 heterocycles. The molecule has 10 heteroatoms. The molecule has 2 aromatic heterocycles. The van der Waals surface area contributed by atoms with Crippen LogP contribution >= 0.6 is 11.3 Å². The fourth-order valence-electron chi connectivity index (χ4n) is 1.34. The Kier molecular flexibility index (Phi) is 5.60. The predicted octanol–water partition coefficient (Wildman–Crippen LogP) is 1.39. The molecule has 116 valence electrons. The first-order chi connectivity index (χ1) is 10.7. The van der Waals surface area contributed by atoms with Crippen LogP contribution in [-0.2, 0) is 16.0 Å². The van der Waals surface area contributed by atoms with Gasteiger partial charge in [-0.1, -0.05) is 11.3 Å². The van der Waals surface area contributed by atoms with Crippen molar-refractivity contribution >= 4 is 34.7 Å². The minimum absolute atomic E-state index is 0.00231. The van der Waals surface area contributed by atoms with E-state index in [0.29, 0.717) is 10.8 Å².